The first-order valence-electron chi connectivity index (χ1n) is 8.57. The fourth-order valence-electron chi connectivity index (χ4n) is 2.82. The summed E-state index contributed by atoms with van der Waals surface area (Å²) in [5, 5.41) is -0.936. The van der Waals surface area contributed by atoms with Gasteiger partial charge in [0.25, 0.3) is 0 Å². The predicted octanol–water partition coefficient (Wildman–Crippen LogP) is 5.09. The van der Waals surface area contributed by atoms with E-state index in [2.05, 4.69) is 0 Å². The molecule has 1 atom stereocenters. The first kappa shape index (κ1) is 18.1. The molecule has 140 valence electrons. The summed E-state index contributed by atoms with van der Waals surface area (Å²) in [5.41, 5.74) is 1.03. The number of hydrogen-bond donors (Lipinski definition) is 0. The van der Waals surface area contributed by atoms with E-state index in [1.807, 2.05) is 13.0 Å². The molecule has 1 aliphatic heterocycles. The lowest BCUT2D eigenvalue weighted by atomic mass is 10.1. The van der Waals surface area contributed by atoms with E-state index < -0.39 is 11.3 Å². The Morgan fingerprint density at radius 2 is 1.89 bits per heavy atom. The molecule has 1 aromatic heterocycles. The van der Waals surface area contributed by atoms with Gasteiger partial charge in [0.15, 0.2) is 11.1 Å². The normalized spacial score (nSPS) is 15.2. The molecule has 0 saturated carbocycles. The van der Waals surface area contributed by atoms with Crippen LogP contribution >= 0.6 is 11.6 Å². The molecule has 6 heteroatoms. The molecule has 0 amide bonds. The van der Waals surface area contributed by atoms with Gasteiger partial charge in [-0.25, -0.2) is 4.79 Å². The topological polar surface area (TPSA) is 65.7 Å². The number of allylic oxidation sites excluding steroid dienone is 1. The van der Waals surface area contributed by atoms with Crippen LogP contribution < -0.4 is 9.47 Å². The lowest BCUT2D eigenvalue weighted by molar-refractivity contribution is -0.134. The van der Waals surface area contributed by atoms with Crippen molar-refractivity contribution in [1.82, 2.24) is 0 Å². The van der Waals surface area contributed by atoms with E-state index in [9.17, 15) is 9.59 Å². The molecule has 0 fully saturated rings. The van der Waals surface area contributed by atoms with Gasteiger partial charge in [0, 0.05) is 12.1 Å². The standard InChI is InChI=1S/C22H15ClO5/c1-13-7-8-15(26-13)12-19-21(24)17-10-9-16(11-18(17)28-19)27-22(25)20(23)14-5-3-2-4-6-14/h2-12,20H,1H3/b19-12-. The molecule has 0 aliphatic carbocycles. The number of carbonyl (C=O) groups is 2. The van der Waals surface area contributed by atoms with Crippen molar-refractivity contribution in [2.75, 3.05) is 0 Å². The molecule has 2 heterocycles. The molecule has 5 nitrogen and oxygen atoms in total. The van der Waals surface area contributed by atoms with E-state index in [-0.39, 0.29) is 17.3 Å². The summed E-state index contributed by atoms with van der Waals surface area (Å²) in [6.45, 7) is 1.81. The van der Waals surface area contributed by atoms with Crippen molar-refractivity contribution in [3.63, 3.8) is 0 Å². The molecule has 0 bridgehead atoms. The van der Waals surface area contributed by atoms with Gasteiger partial charge in [0.05, 0.1) is 5.56 Å². The van der Waals surface area contributed by atoms with Gasteiger partial charge in [-0.3, -0.25) is 4.79 Å². The first-order chi connectivity index (χ1) is 13.5. The summed E-state index contributed by atoms with van der Waals surface area (Å²) < 4.78 is 16.4. The highest BCUT2D eigenvalue weighted by atomic mass is 35.5. The average Bonchev–Trinajstić information content (AvgIpc) is 3.25. The minimum atomic E-state index is -0.936. The monoisotopic (exact) mass is 394 g/mol. The van der Waals surface area contributed by atoms with E-state index in [4.69, 9.17) is 25.5 Å². The van der Waals surface area contributed by atoms with Crippen LogP contribution in [0.15, 0.2) is 70.8 Å². The summed E-state index contributed by atoms with van der Waals surface area (Å²) >= 11 is 6.18. The third-order valence-electron chi connectivity index (χ3n) is 4.19. The molecule has 1 unspecified atom stereocenters. The van der Waals surface area contributed by atoms with Gasteiger partial charge in [-0.05, 0) is 36.8 Å². The second-order valence-corrected chi connectivity index (χ2v) is 6.68. The van der Waals surface area contributed by atoms with Gasteiger partial charge in [0.2, 0.25) is 5.78 Å². The third-order valence-corrected chi connectivity index (χ3v) is 4.62. The van der Waals surface area contributed by atoms with Gasteiger partial charge in [0.1, 0.15) is 23.0 Å². The largest absolute Gasteiger partial charge is 0.462 e. The van der Waals surface area contributed by atoms with Crippen LogP contribution in [0.2, 0.25) is 0 Å². The van der Waals surface area contributed by atoms with Crippen LogP contribution in [-0.4, -0.2) is 11.8 Å². The van der Waals surface area contributed by atoms with E-state index in [1.54, 1.807) is 42.5 Å². The second kappa shape index (κ2) is 7.37. The number of alkyl halides is 1. The molecule has 3 aromatic rings. The number of rotatable bonds is 4. The van der Waals surface area contributed by atoms with E-state index >= 15 is 0 Å². The zero-order valence-corrected chi connectivity index (χ0v) is 15.6. The Kier molecular flexibility index (Phi) is 4.75. The highest BCUT2D eigenvalue weighted by Crippen LogP contribution is 2.35. The molecule has 4 rings (SSSR count). The Morgan fingerprint density at radius 1 is 1.11 bits per heavy atom. The van der Waals surface area contributed by atoms with Crippen LogP contribution in [-0.2, 0) is 4.79 Å². The minimum Gasteiger partial charge on any atom is -0.462 e. The van der Waals surface area contributed by atoms with Crippen molar-refractivity contribution < 1.29 is 23.5 Å². The van der Waals surface area contributed by atoms with Crippen LogP contribution in [0.25, 0.3) is 6.08 Å². The highest BCUT2D eigenvalue weighted by Gasteiger charge is 2.29. The van der Waals surface area contributed by atoms with Gasteiger partial charge in [-0.15, -0.1) is 11.6 Å². The molecule has 1 aliphatic rings. The molecule has 0 radical (unpaired) electrons. The molecular formula is C22H15ClO5. The van der Waals surface area contributed by atoms with Crippen LogP contribution in [0.1, 0.15) is 32.8 Å². The quantitative estimate of drug-likeness (QED) is 0.267. The van der Waals surface area contributed by atoms with Crippen molar-refractivity contribution in [1.29, 1.82) is 0 Å². The maximum atomic E-state index is 12.5. The fourth-order valence-corrected chi connectivity index (χ4v) is 3.01. The van der Waals surface area contributed by atoms with Crippen molar-refractivity contribution >= 4 is 29.4 Å². The SMILES string of the molecule is Cc1ccc(/C=C2\Oc3cc(OC(=O)C(Cl)c4ccccc4)ccc3C2=O)o1. The second-order valence-electron chi connectivity index (χ2n) is 6.24. The lowest BCUT2D eigenvalue weighted by Gasteiger charge is -2.10. The maximum absolute atomic E-state index is 12.5. The van der Waals surface area contributed by atoms with E-state index in [1.165, 1.54) is 18.2 Å². The lowest BCUT2D eigenvalue weighted by Crippen LogP contribution is -2.14. The Morgan fingerprint density at radius 3 is 2.61 bits per heavy atom. The number of ether oxygens (including phenoxy) is 2. The fraction of sp³-hybridized carbons (Fsp3) is 0.0909. The van der Waals surface area contributed by atoms with Crippen LogP contribution in [0.3, 0.4) is 0 Å². The van der Waals surface area contributed by atoms with Crippen molar-refractivity contribution in [2.24, 2.45) is 0 Å². The van der Waals surface area contributed by atoms with Crippen LogP contribution in [0.4, 0.5) is 0 Å². The number of hydrogen-bond acceptors (Lipinski definition) is 5. The third kappa shape index (κ3) is 3.57. The number of aryl methyl sites for hydroxylation is 1. The van der Waals surface area contributed by atoms with Gasteiger partial charge in [-0.1, -0.05) is 30.3 Å². The summed E-state index contributed by atoms with van der Waals surface area (Å²) in [6, 6.07) is 17.0. The Bertz CT molecular complexity index is 1080. The molecule has 0 saturated heterocycles. The highest BCUT2D eigenvalue weighted by molar-refractivity contribution is 6.30. The maximum Gasteiger partial charge on any atom is 0.334 e. The number of halogens is 1. The number of furan rings is 1. The smallest absolute Gasteiger partial charge is 0.334 e. The number of fused-ring (bicyclic) bond motifs is 1. The number of benzene rings is 2. The zero-order chi connectivity index (χ0) is 19.7. The first-order valence-corrected chi connectivity index (χ1v) is 9.00. The number of carbonyl (C=O) groups excluding carboxylic acids is 2. The molecular weight excluding hydrogens is 380 g/mol. The van der Waals surface area contributed by atoms with Crippen molar-refractivity contribution in [2.45, 2.75) is 12.3 Å². The number of esters is 1. The van der Waals surface area contributed by atoms with E-state index in [0.717, 1.165) is 5.76 Å². The van der Waals surface area contributed by atoms with Crippen LogP contribution in [0.5, 0.6) is 11.5 Å². The number of Topliss-reactive ketones (excluding diaryl/α,β-unsaturated/α-hetero) is 1. The van der Waals surface area contributed by atoms with E-state index in [0.29, 0.717) is 22.6 Å². The van der Waals surface area contributed by atoms with Gasteiger partial charge < -0.3 is 13.9 Å². The summed E-state index contributed by atoms with van der Waals surface area (Å²) in [4.78, 5) is 24.8. The summed E-state index contributed by atoms with van der Waals surface area (Å²) in [7, 11) is 0. The Hall–Kier alpha value is -3.31. The van der Waals surface area contributed by atoms with Gasteiger partial charge >= 0.3 is 5.97 Å². The van der Waals surface area contributed by atoms with Crippen LogP contribution in [0, 0.1) is 6.92 Å². The molecule has 0 spiro atoms. The number of ketones is 1. The van der Waals surface area contributed by atoms with Crippen molar-refractivity contribution in [3.8, 4) is 11.5 Å². The predicted molar refractivity (Wildman–Crippen MR) is 103 cm³/mol. The average molecular weight is 395 g/mol. The molecule has 2 aromatic carbocycles. The van der Waals surface area contributed by atoms with Gasteiger partial charge in [-0.2, -0.15) is 0 Å². The molecule has 0 N–H and O–H groups in total. The summed E-state index contributed by atoms with van der Waals surface area (Å²) in [6.07, 6.45) is 1.53. The Labute approximate surface area is 166 Å². The molecule has 28 heavy (non-hydrogen) atoms. The Balaban J connectivity index is 1.52. The summed E-state index contributed by atoms with van der Waals surface area (Å²) in [5.74, 6) is 1.09. The minimum absolute atomic E-state index is 0.146. The zero-order valence-electron chi connectivity index (χ0n) is 14.8. The van der Waals surface area contributed by atoms with Crippen molar-refractivity contribution in [3.05, 3.63) is 89.1 Å².